The Morgan fingerprint density at radius 2 is 1.85 bits per heavy atom. The number of rotatable bonds is 9. The molecule has 1 fully saturated rings. The maximum absolute atomic E-state index is 14.1. The van der Waals surface area contributed by atoms with Crippen LogP contribution in [0.1, 0.15) is 13.2 Å². The molecule has 3 rings (SSSR count). The van der Waals surface area contributed by atoms with Crippen LogP contribution in [0.25, 0.3) is 11.0 Å². The largest absolute Gasteiger partial charge is 0.490 e. The van der Waals surface area contributed by atoms with Gasteiger partial charge in [0, 0.05) is 23.5 Å². The minimum Gasteiger partial charge on any atom is -0.398 e. The van der Waals surface area contributed by atoms with Crippen molar-refractivity contribution in [2.75, 3.05) is 19.0 Å². The van der Waals surface area contributed by atoms with Gasteiger partial charge in [-0.15, -0.1) is 0 Å². The number of hydrogen-bond acceptors (Lipinski definition) is 11. The van der Waals surface area contributed by atoms with E-state index in [9.17, 15) is 38.1 Å². The molecule has 1 aliphatic heterocycles. The SMILES string of the molecule is C[C@@]1(O)[C@H](O)[C@@](CF)(COP(=O)(O)OP(=O)(O)OP(=O)(O)O)O[C@H]1n1ccc2c(N)ccnc21. The molecule has 0 amide bonds. The molecule has 0 radical (unpaired) electrons. The Morgan fingerprint density at radius 1 is 1.21 bits per heavy atom. The van der Waals surface area contributed by atoms with Crippen LogP contribution in [0.5, 0.6) is 0 Å². The number of halogens is 1. The van der Waals surface area contributed by atoms with E-state index in [1.807, 2.05) is 0 Å². The fourth-order valence-electron chi connectivity index (χ4n) is 3.43. The van der Waals surface area contributed by atoms with Gasteiger partial charge in [-0.2, -0.15) is 8.62 Å². The molecule has 2 unspecified atom stereocenters. The average Bonchev–Trinajstić information content (AvgIpc) is 3.17. The third-order valence-corrected chi connectivity index (χ3v) is 8.70. The molecular weight excluding hydrogens is 530 g/mol. The van der Waals surface area contributed by atoms with Crippen molar-refractivity contribution in [1.29, 1.82) is 0 Å². The minimum absolute atomic E-state index is 0.194. The first-order valence-corrected chi connectivity index (χ1v) is 13.6. The van der Waals surface area contributed by atoms with E-state index >= 15 is 0 Å². The molecule has 20 heteroatoms. The van der Waals surface area contributed by atoms with Gasteiger partial charge in [0.15, 0.2) is 11.8 Å². The smallest absolute Gasteiger partial charge is 0.398 e. The Morgan fingerprint density at radius 3 is 2.44 bits per heavy atom. The van der Waals surface area contributed by atoms with Crippen LogP contribution in [-0.4, -0.2) is 69.9 Å². The van der Waals surface area contributed by atoms with Crippen molar-refractivity contribution >= 4 is 40.2 Å². The normalized spacial score (nSPS) is 31.4. The molecule has 0 saturated carbocycles. The maximum Gasteiger partial charge on any atom is 0.490 e. The number of nitrogens with two attached hydrogens (primary N) is 1. The number of fused-ring (bicyclic) bond motifs is 1. The second-order valence-electron chi connectivity index (χ2n) is 7.52. The Labute approximate surface area is 190 Å². The number of anilines is 1. The van der Waals surface area contributed by atoms with Crippen LogP contribution in [0.3, 0.4) is 0 Å². The summed E-state index contributed by atoms with van der Waals surface area (Å²) in [6, 6.07) is 3.02. The number of aromatic nitrogens is 2. The van der Waals surface area contributed by atoms with E-state index in [1.54, 1.807) is 0 Å². The lowest BCUT2D eigenvalue weighted by Gasteiger charge is -2.31. The van der Waals surface area contributed by atoms with Crippen LogP contribution < -0.4 is 5.73 Å². The fourth-order valence-corrected chi connectivity index (χ4v) is 6.51. The number of ether oxygens (including phenoxy) is 1. The highest BCUT2D eigenvalue weighted by Gasteiger charge is 2.63. The average molecular weight is 551 g/mol. The van der Waals surface area contributed by atoms with Crippen molar-refractivity contribution in [3.8, 4) is 0 Å². The number of phosphoric ester groups is 1. The lowest BCUT2D eigenvalue weighted by Crippen LogP contribution is -2.53. The van der Waals surface area contributed by atoms with Crippen LogP contribution in [0.4, 0.5) is 10.1 Å². The summed E-state index contributed by atoms with van der Waals surface area (Å²) < 4.78 is 66.6. The van der Waals surface area contributed by atoms with E-state index in [0.717, 1.165) is 6.92 Å². The highest BCUT2D eigenvalue weighted by atomic mass is 31.3. The van der Waals surface area contributed by atoms with E-state index in [1.165, 1.54) is 29.1 Å². The maximum atomic E-state index is 14.1. The predicted molar refractivity (Wildman–Crippen MR) is 109 cm³/mol. The summed E-state index contributed by atoms with van der Waals surface area (Å²) in [6.07, 6.45) is -0.877. The second-order valence-corrected chi connectivity index (χ2v) is 11.9. The molecule has 192 valence electrons. The topological polar surface area (TPSA) is 253 Å². The summed E-state index contributed by atoms with van der Waals surface area (Å²) in [5.74, 6) is 0. The van der Waals surface area contributed by atoms with Crippen LogP contribution >= 0.6 is 23.5 Å². The summed E-state index contributed by atoms with van der Waals surface area (Å²) >= 11 is 0. The number of aliphatic hydroxyl groups excluding tert-OH is 1. The molecule has 0 aliphatic carbocycles. The van der Waals surface area contributed by atoms with Gasteiger partial charge < -0.3 is 44.8 Å². The first kappa shape index (κ1) is 27.3. The molecule has 2 aromatic rings. The van der Waals surface area contributed by atoms with Crippen molar-refractivity contribution < 1.29 is 65.8 Å². The van der Waals surface area contributed by atoms with Crippen molar-refractivity contribution in [3.63, 3.8) is 0 Å². The van der Waals surface area contributed by atoms with Gasteiger partial charge in [-0.05, 0) is 19.1 Å². The zero-order valence-corrected chi connectivity index (χ0v) is 19.8. The van der Waals surface area contributed by atoms with Crippen LogP contribution in [0.2, 0.25) is 0 Å². The lowest BCUT2D eigenvalue weighted by atomic mass is 9.88. The number of pyridine rings is 1. The van der Waals surface area contributed by atoms with Gasteiger partial charge in [-0.3, -0.25) is 4.52 Å². The molecular formula is C14H21FN3O13P3. The molecule has 34 heavy (non-hydrogen) atoms. The van der Waals surface area contributed by atoms with Crippen molar-refractivity contribution in [1.82, 2.24) is 9.55 Å². The Hall–Kier alpha value is -1.29. The third-order valence-electron chi connectivity index (χ3n) is 4.91. The monoisotopic (exact) mass is 551 g/mol. The summed E-state index contributed by atoms with van der Waals surface area (Å²) in [5.41, 5.74) is 1.65. The zero-order chi connectivity index (χ0) is 25.7. The molecule has 2 aromatic heterocycles. The zero-order valence-electron chi connectivity index (χ0n) is 17.1. The highest BCUT2D eigenvalue weighted by molar-refractivity contribution is 7.66. The lowest BCUT2D eigenvalue weighted by molar-refractivity contribution is -0.135. The number of alkyl halides is 1. The van der Waals surface area contributed by atoms with Gasteiger partial charge in [0.2, 0.25) is 0 Å². The molecule has 0 bridgehead atoms. The molecule has 0 aromatic carbocycles. The third kappa shape index (κ3) is 5.42. The summed E-state index contributed by atoms with van der Waals surface area (Å²) in [4.78, 5) is 40.1. The number of aliphatic hydroxyl groups is 2. The van der Waals surface area contributed by atoms with Gasteiger partial charge in [0.1, 0.15) is 24.0 Å². The predicted octanol–water partition coefficient (Wildman–Crippen LogP) is 0.311. The molecule has 1 aliphatic rings. The summed E-state index contributed by atoms with van der Waals surface area (Å²) in [6.45, 7) is -1.83. The molecule has 6 atom stereocenters. The number of hydrogen-bond donors (Lipinski definition) is 7. The quantitative estimate of drug-likeness (QED) is 0.207. The number of nitrogens with zero attached hydrogens (tertiary/aromatic N) is 2. The van der Waals surface area contributed by atoms with Gasteiger partial charge in [-0.1, -0.05) is 0 Å². The molecule has 3 heterocycles. The van der Waals surface area contributed by atoms with Crippen LogP contribution in [-0.2, 0) is 31.6 Å². The molecule has 0 spiro atoms. The molecule has 8 N–H and O–H groups in total. The van der Waals surface area contributed by atoms with Crippen LogP contribution in [0, 0.1) is 0 Å². The van der Waals surface area contributed by atoms with Gasteiger partial charge in [-0.25, -0.2) is 23.1 Å². The first-order valence-electron chi connectivity index (χ1n) is 9.07. The van der Waals surface area contributed by atoms with Gasteiger partial charge in [0.05, 0.1) is 6.61 Å². The summed E-state index contributed by atoms with van der Waals surface area (Å²) in [5, 5.41) is 22.0. The van der Waals surface area contributed by atoms with Crippen molar-refractivity contribution in [3.05, 3.63) is 24.5 Å². The Bertz CT molecular complexity index is 1220. The first-order chi connectivity index (χ1) is 15.4. The Kier molecular flexibility index (Phi) is 7.21. The standard InChI is InChI=1S/C14H21FN3O13P3/c1-13(20)11(19)14(6-15,7-28-33(24,25)31-34(26,27)30-32(21,22)23)29-12(13)18-5-3-8-9(16)2-4-17-10(8)18/h2-5,11-12,19-20H,6-7H2,1H3,(H2,16,17)(H,24,25)(H,26,27)(H2,21,22,23)/t11-,12+,13+,14+/m0/s1. The molecule has 1 saturated heterocycles. The number of nitrogen functional groups attached to an aromatic ring is 1. The van der Waals surface area contributed by atoms with Gasteiger partial charge >= 0.3 is 23.5 Å². The van der Waals surface area contributed by atoms with Crippen molar-refractivity contribution in [2.45, 2.75) is 30.5 Å². The van der Waals surface area contributed by atoms with Gasteiger partial charge in [0.25, 0.3) is 0 Å². The van der Waals surface area contributed by atoms with Crippen LogP contribution in [0.15, 0.2) is 24.5 Å². The van der Waals surface area contributed by atoms with E-state index in [-0.39, 0.29) is 5.65 Å². The summed E-state index contributed by atoms with van der Waals surface area (Å²) in [7, 11) is -17.1. The fraction of sp³-hybridized carbons (Fsp3) is 0.500. The van der Waals surface area contributed by atoms with E-state index in [4.69, 9.17) is 20.3 Å². The minimum atomic E-state index is -5.82. The van der Waals surface area contributed by atoms with E-state index < -0.39 is 60.3 Å². The Balaban J connectivity index is 1.86. The van der Waals surface area contributed by atoms with E-state index in [2.05, 4.69) is 18.1 Å². The van der Waals surface area contributed by atoms with Crippen molar-refractivity contribution in [2.24, 2.45) is 0 Å². The highest BCUT2D eigenvalue weighted by Crippen LogP contribution is 2.66. The second kappa shape index (κ2) is 8.98. The van der Waals surface area contributed by atoms with E-state index in [0.29, 0.717) is 11.1 Å². The number of phosphoric acid groups is 3. The molecule has 16 nitrogen and oxygen atoms in total.